The van der Waals surface area contributed by atoms with Crippen LogP contribution in [0.1, 0.15) is 42.5 Å². The molecule has 0 aromatic carbocycles. The fourth-order valence-electron chi connectivity index (χ4n) is 1.83. The molecular weight excluding hydrogens is 230 g/mol. The number of aliphatic hydroxyl groups is 1. The van der Waals surface area contributed by atoms with Gasteiger partial charge in [0.25, 0.3) is 0 Å². The molecule has 0 amide bonds. The number of carbonyl (C=O) groups excluding carboxylic acids is 1. The molecule has 1 aromatic heterocycles. The van der Waals surface area contributed by atoms with Gasteiger partial charge in [-0.2, -0.15) is 0 Å². The van der Waals surface area contributed by atoms with Crippen molar-refractivity contribution < 1.29 is 14.3 Å². The predicted molar refractivity (Wildman–Crippen MR) is 70.8 cm³/mol. The Hall–Kier alpha value is -1.13. The minimum Gasteiger partial charge on any atom is -0.458 e. The van der Waals surface area contributed by atoms with Crippen LogP contribution >= 0.6 is 0 Å². The summed E-state index contributed by atoms with van der Waals surface area (Å²) in [5.74, 6) is 1.23. The van der Waals surface area contributed by atoms with E-state index < -0.39 is 0 Å². The van der Waals surface area contributed by atoms with Gasteiger partial charge in [0.05, 0.1) is 6.61 Å². The summed E-state index contributed by atoms with van der Waals surface area (Å²) in [4.78, 5) is 14.0. The van der Waals surface area contributed by atoms with E-state index in [9.17, 15) is 4.79 Å². The number of furan rings is 1. The average molecular weight is 253 g/mol. The molecule has 0 aliphatic rings. The Morgan fingerprint density at radius 1 is 1.33 bits per heavy atom. The van der Waals surface area contributed by atoms with E-state index in [1.165, 1.54) is 0 Å². The van der Waals surface area contributed by atoms with Gasteiger partial charge in [0.15, 0.2) is 11.5 Å². The van der Waals surface area contributed by atoms with Crippen LogP contribution in [0.4, 0.5) is 0 Å². The first kappa shape index (κ1) is 14.9. The SMILES string of the molecule is CCCCN(CCO)CCC(=O)c1ccc(C)o1. The molecular formula is C14H23NO3. The second kappa shape index (κ2) is 8.06. The van der Waals surface area contributed by atoms with Gasteiger partial charge < -0.3 is 14.4 Å². The summed E-state index contributed by atoms with van der Waals surface area (Å²) in [6.07, 6.45) is 2.65. The lowest BCUT2D eigenvalue weighted by molar-refractivity contribution is 0.0928. The summed E-state index contributed by atoms with van der Waals surface area (Å²) in [5.41, 5.74) is 0. The van der Waals surface area contributed by atoms with Crippen LogP contribution < -0.4 is 0 Å². The number of ketones is 1. The Morgan fingerprint density at radius 2 is 2.11 bits per heavy atom. The molecule has 0 saturated heterocycles. The number of carbonyl (C=O) groups is 1. The van der Waals surface area contributed by atoms with Crippen molar-refractivity contribution in [1.82, 2.24) is 4.90 Å². The van der Waals surface area contributed by atoms with Crippen molar-refractivity contribution in [3.63, 3.8) is 0 Å². The Labute approximate surface area is 109 Å². The van der Waals surface area contributed by atoms with E-state index in [0.29, 0.717) is 25.3 Å². The van der Waals surface area contributed by atoms with Crippen LogP contribution in [0.2, 0.25) is 0 Å². The lowest BCUT2D eigenvalue weighted by atomic mass is 10.2. The third-order valence-electron chi connectivity index (χ3n) is 2.91. The summed E-state index contributed by atoms with van der Waals surface area (Å²) in [6.45, 7) is 6.34. The molecule has 1 aromatic rings. The van der Waals surface area contributed by atoms with Gasteiger partial charge in [0.2, 0.25) is 0 Å². The fraction of sp³-hybridized carbons (Fsp3) is 0.643. The van der Waals surface area contributed by atoms with Crippen molar-refractivity contribution in [2.45, 2.75) is 33.1 Å². The molecule has 0 saturated carbocycles. The number of aryl methyl sites for hydroxylation is 1. The number of rotatable bonds is 9. The predicted octanol–water partition coefficient (Wildman–Crippen LogP) is 2.26. The minimum atomic E-state index is 0.0301. The van der Waals surface area contributed by atoms with Crippen LogP contribution in [0.5, 0.6) is 0 Å². The zero-order valence-corrected chi connectivity index (χ0v) is 11.3. The quantitative estimate of drug-likeness (QED) is 0.686. The molecule has 1 rings (SSSR count). The topological polar surface area (TPSA) is 53.7 Å². The van der Waals surface area contributed by atoms with Gasteiger partial charge in [-0.1, -0.05) is 13.3 Å². The summed E-state index contributed by atoms with van der Waals surface area (Å²) in [7, 11) is 0. The Morgan fingerprint density at radius 3 is 2.67 bits per heavy atom. The maximum Gasteiger partial charge on any atom is 0.199 e. The van der Waals surface area contributed by atoms with Crippen molar-refractivity contribution >= 4 is 5.78 Å². The lowest BCUT2D eigenvalue weighted by Crippen LogP contribution is -2.30. The molecule has 0 bridgehead atoms. The third-order valence-corrected chi connectivity index (χ3v) is 2.91. The van der Waals surface area contributed by atoms with Gasteiger partial charge in [-0.05, 0) is 32.0 Å². The molecule has 0 radical (unpaired) electrons. The Balaban J connectivity index is 2.38. The first-order chi connectivity index (χ1) is 8.67. The third kappa shape index (κ3) is 5.02. The van der Waals surface area contributed by atoms with Gasteiger partial charge in [0.1, 0.15) is 5.76 Å². The van der Waals surface area contributed by atoms with E-state index >= 15 is 0 Å². The molecule has 102 valence electrons. The van der Waals surface area contributed by atoms with E-state index in [1.807, 2.05) is 6.92 Å². The molecule has 0 aliphatic heterocycles. The number of unbranched alkanes of at least 4 members (excludes halogenated alkanes) is 1. The smallest absolute Gasteiger partial charge is 0.199 e. The molecule has 0 unspecified atom stereocenters. The average Bonchev–Trinajstić information content (AvgIpc) is 2.79. The highest BCUT2D eigenvalue weighted by Crippen LogP contribution is 2.09. The maximum atomic E-state index is 11.9. The summed E-state index contributed by atoms with van der Waals surface area (Å²) in [5, 5.41) is 8.98. The van der Waals surface area contributed by atoms with Gasteiger partial charge in [0, 0.05) is 19.5 Å². The molecule has 0 aliphatic carbocycles. The van der Waals surface area contributed by atoms with Gasteiger partial charge >= 0.3 is 0 Å². The summed E-state index contributed by atoms with van der Waals surface area (Å²) >= 11 is 0. The van der Waals surface area contributed by atoms with Crippen LogP contribution in [-0.4, -0.2) is 42.0 Å². The van der Waals surface area contributed by atoms with Crippen LogP contribution in [0.25, 0.3) is 0 Å². The highest BCUT2D eigenvalue weighted by Gasteiger charge is 2.12. The summed E-state index contributed by atoms with van der Waals surface area (Å²) in [6, 6.07) is 3.52. The van der Waals surface area contributed by atoms with Crippen LogP contribution in [0, 0.1) is 6.92 Å². The number of aliphatic hydroxyl groups excluding tert-OH is 1. The summed E-state index contributed by atoms with van der Waals surface area (Å²) < 4.78 is 5.30. The number of hydrogen-bond donors (Lipinski definition) is 1. The normalized spacial score (nSPS) is 11.1. The second-order valence-electron chi connectivity index (χ2n) is 4.50. The van der Waals surface area contributed by atoms with Crippen LogP contribution in [-0.2, 0) is 0 Å². The van der Waals surface area contributed by atoms with Crippen molar-refractivity contribution in [1.29, 1.82) is 0 Å². The first-order valence-corrected chi connectivity index (χ1v) is 6.60. The van der Waals surface area contributed by atoms with Gasteiger partial charge in [-0.25, -0.2) is 0 Å². The van der Waals surface area contributed by atoms with Crippen molar-refractivity contribution in [3.8, 4) is 0 Å². The molecule has 4 heteroatoms. The van der Waals surface area contributed by atoms with Crippen molar-refractivity contribution in [3.05, 3.63) is 23.7 Å². The molecule has 0 spiro atoms. The molecule has 4 nitrogen and oxygen atoms in total. The molecule has 18 heavy (non-hydrogen) atoms. The Bertz CT molecular complexity index is 360. The number of Topliss-reactive ketones (excluding diaryl/α,β-unsaturated/α-hetero) is 1. The molecule has 1 N–H and O–H groups in total. The maximum absolute atomic E-state index is 11.9. The lowest BCUT2D eigenvalue weighted by Gasteiger charge is -2.20. The van der Waals surface area contributed by atoms with E-state index in [4.69, 9.17) is 9.52 Å². The zero-order chi connectivity index (χ0) is 13.4. The standard InChI is InChI=1S/C14H23NO3/c1-3-4-8-15(10-11-16)9-7-13(17)14-6-5-12(2)18-14/h5-6,16H,3-4,7-11H2,1-2H3. The van der Waals surface area contributed by atoms with E-state index in [1.54, 1.807) is 12.1 Å². The van der Waals surface area contributed by atoms with Crippen molar-refractivity contribution in [2.24, 2.45) is 0 Å². The molecule has 0 fully saturated rings. The fourth-order valence-corrected chi connectivity index (χ4v) is 1.83. The number of hydrogen-bond acceptors (Lipinski definition) is 4. The van der Waals surface area contributed by atoms with Crippen LogP contribution in [0.3, 0.4) is 0 Å². The van der Waals surface area contributed by atoms with E-state index in [-0.39, 0.29) is 12.4 Å². The van der Waals surface area contributed by atoms with Gasteiger partial charge in [-0.15, -0.1) is 0 Å². The zero-order valence-electron chi connectivity index (χ0n) is 11.3. The van der Waals surface area contributed by atoms with Crippen molar-refractivity contribution in [2.75, 3.05) is 26.2 Å². The molecule has 1 heterocycles. The minimum absolute atomic E-state index is 0.0301. The highest BCUT2D eigenvalue weighted by atomic mass is 16.3. The van der Waals surface area contributed by atoms with E-state index in [0.717, 1.165) is 25.1 Å². The first-order valence-electron chi connectivity index (χ1n) is 6.60. The van der Waals surface area contributed by atoms with Crippen LogP contribution in [0.15, 0.2) is 16.5 Å². The number of nitrogens with zero attached hydrogens (tertiary/aromatic N) is 1. The second-order valence-corrected chi connectivity index (χ2v) is 4.50. The Kier molecular flexibility index (Phi) is 6.68. The van der Waals surface area contributed by atoms with Gasteiger partial charge in [-0.3, -0.25) is 4.79 Å². The van der Waals surface area contributed by atoms with E-state index in [2.05, 4.69) is 11.8 Å². The monoisotopic (exact) mass is 253 g/mol. The highest BCUT2D eigenvalue weighted by molar-refractivity contribution is 5.93. The largest absolute Gasteiger partial charge is 0.458 e. The molecule has 0 atom stereocenters.